The van der Waals surface area contributed by atoms with Gasteiger partial charge in [-0.1, -0.05) is 0 Å². The summed E-state index contributed by atoms with van der Waals surface area (Å²) < 4.78 is 14.4. The zero-order valence-corrected chi connectivity index (χ0v) is 13.7. The number of hydrogen-bond acceptors (Lipinski definition) is 8. The molecule has 0 saturated carbocycles. The summed E-state index contributed by atoms with van der Waals surface area (Å²) in [7, 11) is 0. The van der Waals surface area contributed by atoms with Crippen LogP contribution in [0.2, 0.25) is 0 Å². The maximum absolute atomic E-state index is 13.3. The molecular formula is C15H16FN9O. The largest absolute Gasteiger partial charge is 0.381 e. The van der Waals surface area contributed by atoms with Crippen molar-refractivity contribution in [2.45, 2.75) is 0 Å². The lowest BCUT2D eigenvalue weighted by Crippen LogP contribution is -2.43. The molecule has 0 unspecified atom stereocenters. The van der Waals surface area contributed by atoms with Crippen molar-refractivity contribution in [1.82, 2.24) is 30.1 Å². The van der Waals surface area contributed by atoms with Crippen LogP contribution < -0.4 is 21.3 Å². The third-order valence-electron chi connectivity index (χ3n) is 4.11. The van der Waals surface area contributed by atoms with Gasteiger partial charge in [-0.15, -0.1) is 5.10 Å². The molecule has 11 heteroatoms. The van der Waals surface area contributed by atoms with Crippen molar-refractivity contribution in [1.29, 1.82) is 0 Å². The molecule has 134 valence electrons. The monoisotopic (exact) mass is 357 g/mol. The highest BCUT2D eigenvalue weighted by Crippen LogP contribution is 2.26. The topological polar surface area (TPSA) is 126 Å². The quantitative estimate of drug-likeness (QED) is 0.593. The molecule has 0 bridgehead atoms. The molecule has 1 saturated heterocycles. The van der Waals surface area contributed by atoms with Crippen LogP contribution >= 0.6 is 0 Å². The maximum atomic E-state index is 13.3. The average molecular weight is 357 g/mol. The Morgan fingerprint density at radius 3 is 2.81 bits per heavy atom. The number of amides is 1. The van der Waals surface area contributed by atoms with Crippen molar-refractivity contribution >= 4 is 28.7 Å². The van der Waals surface area contributed by atoms with E-state index in [1.54, 1.807) is 6.20 Å². The van der Waals surface area contributed by atoms with E-state index in [-0.39, 0.29) is 17.0 Å². The van der Waals surface area contributed by atoms with E-state index in [1.165, 1.54) is 6.20 Å². The molecule has 0 atom stereocenters. The summed E-state index contributed by atoms with van der Waals surface area (Å²) in [6.07, 6.45) is 5.20. The minimum Gasteiger partial charge on any atom is -0.381 e. The molecule has 1 aliphatic rings. The van der Waals surface area contributed by atoms with Crippen molar-refractivity contribution in [3.8, 4) is 0 Å². The van der Waals surface area contributed by atoms with Crippen LogP contribution in [0, 0.1) is 5.82 Å². The summed E-state index contributed by atoms with van der Waals surface area (Å²) >= 11 is 0. The third kappa shape index (κ3) is 2.88. The summed E-state index contributed by atoms with van der Waals surface area (Å²) in [5.41, 5.74) is 7.36. The van der Waals surface area contributed by atoms with Gasteiger partial charge in [-0.25, -0.2) is 13.9 Å². The van der Waals surface area contributed by atoms with Gasteiger partial charge in [0.15, 0.2) is 17.3 Å². The van der Waals surface area contributed by atoms with Gasteiger partial charge in [0.2, 0.25) is 0 Å². The zero-order chi connectivity index (χ0) is 18.1. The number of nitrogen functional groups attached to an aromatic ring is 1. The number of fused-ring (bicyclic) bond motifs is 1. The molecule has 4 rings (SSSR count). The van der Waals surface area contributed by atoms with E-state index >= 15 is 0 Å². The molecule has 0 aliphatic carbocycles. The highest BCUT2D eigenvalue weighted by atomic mass is 19.1. The van der Waals surface area contributed by atoms with Gasteiger partial charge in [0.05, 0.1) is 36.2 Å². The first-order valence-corrected chi connectivity index (χ1v) is 8.00. The first kappa shape index (κ1) is 16.1. The van der Waals surface area contributed by atoms with Crippen LogP contribution in [0.25, 0.3) is 5.65 Å². The number of piperazine rings is 1. The number of rotatable bonds is 3. The van der Waals surface area contributed by atoms with Crippen molar-refractivity contribution in [3.05, 3.63) is 36.2 Å². The number of nitrogens with zero attached hydrogens (tertiary/aromatic N) is 6. The number of halogens is 1. The first-order chi connectivity index (χ1) is 12.6. The van der Waals surface area contributed by atoms with Gasteiger partial charge in [0.1, 0.15) is 5.56 Å². The van der Waals surface area contributed by atoms with E-state index in [9.17, 15) is 9.18 Å². The lowest BCUT2D eigenvalue weighted by atomic mass is 10.2. The van der Waals surface area contributed by atoms with Crippen LogP contribution in [0.4, 0.5) is 21.6 Å². The summed E-state index contributed by atoms with van der Waals surface area (Å²) in [4.78, 5) is 18.8. The van der Waals surface area contributed by atoms with Crippen molar-refractivity contribution in [2.75, 3.05) is 42.1 Å². The Labute approximate surface area is 147 Å². The second-order valence-corrected chi connectivity index (χ2v) is 5.78. The van der Waals surface area contributed by atoms with Crippen LogP contribution in [0.5, 0.6) is 0 Å². The molecule has 3 aromatic rings. The van der Waals surface area contributed by atoms with E-state index in [4.69, 9.17) is 5.73 Å². The Hall–Kier alpha value is -3.34. The molecule has 10 nitrogen and oxygen atoms in total. The first-order valence-electron chi connectivity index (χ1n) is 8.00. The van der Waals surface area contributed by atoms with E-state index in [1.807, 2.05) is 0 Å². The van der Waals surface area contributed by atoms with Crippen molar-refractivity contribution in [2.24, 2.45) is 0 Å². The molecule has 0 aromatic carbocycles. The Morgan fingerprint density at radius 2 is 2.00 bits per heavy atom. The Bertz CT molecular complexity index is 967. The van der Waals surface area contributed by atoms with E-state index in [0.717, 1.165) is 48.8 Å². The molecule has 1 fully saturated rings. The molecule has 1 amide bonds. The molecule has 0 spiro atoms. The number of nitrogens with one attached hydrogen (secondary N) is 2. The molecule has 4 N–H and O–H groups in total. The molecule has 1 aliphatic heterocycles. The number of carbonyl (C=O) groups excluding carboxylic acids is 1. The van der Waals surface area contributed by atoms with Gasteiger partial charge >= 0.3 is 0 Å². The van der Waals surface area contributed by atoms with Gasteiger partial charge in [0.25, 0.3) is 5.91 Å². The smallest absolute Gasteiger partial charge is 0.263 e. The van der Waals surface area contributed by atoms with E-state index < -0.39 is 11.7 Å². The predicted molar refractivity (Wildman–Crippen MR) is 92.4 cm³/mol. The van der Waals surface area contributed by atoms with Crippen molar-refractivity contribution in [3.63, 3.8) is 0 Å². The Morgan fingerprint density at radius 1 is 1.23 bits per heavy atom. The fourth-order valence-corrected chi connectivity index (χ4v) is 2.90. The normalized spacial score (nSPS) is 14.6. The predicted octanol–water partition coefficient (Wildman–Crippen LogP) is -0.0975. The number of hydrogen-bond donors (Lipinski definition) is 3. The molecular weight excluding hydrogens is 341 g/mol. The van der Waals surface area contributed by atoms with E-state index in [0.29, 0.717) is 5.69 Å². The lowest BCUT2D eigenvalue weighted by Gasteiger charge is -2.30. The van der Waals surface area contributed by atoms with Gasteiger partial charge in [-0.3, -0.25) is 4.79 Å². The van der Waals surface area contributed by atoms with Crippen molar-refractivity contribution < 1.29 is 9.18 Å². The fraction of sp³-hybridized carbons (Fsp3) is 0.267. The highest BCUT2D eigenvalue weighted by molar-refractivity contribution is 6.12. The highest BCUT2D eigenvalue weighted by Gasteiger charge is 2.22. The SMILES string of the molecule is Nc1nn2cc(F)cnc2c1C(=O)Nc1cnncc1N1CCNCC1. The zero-order valence-electron chi connectivity index (χ0n) is 13.7. The second kappa shape index (κ2) is 6.52. The van der Waals surface area contributed by atoms with Crippen LogP contribution in [0.1, 0.15) is 10.4 Å². The standard InChI is InChI=1S/C15H16FN9O/c16-9-5-19-14-12(13(17)23-25(14)8-9)15(26)22-10-6-20-21-7-11(10)24-3-1-18-2-4-24/h5-8,18H,1-4H2,(H2,17,23)(H,21,22,26). The number of anilines is 3. The van der Waals surface area contributed by atoms with Crippen LogP contribution in [-0.2, 0) is 0 Å². The third-order valence-corrected chi connectivity index (χ3v) is 4.11. The van der Waals surface area contributed by atoms with Crippen LogP contribution in [-0.4, -0.2) is 56.9 Å². The van der Waals surface area contributed by atoms with E-state index in [2.05, 4.69) is 35.8 Å². The number of aromatic nitrogens is 5. The van der Waals surface area contributed by atoms with Crippen LogP contribution in [0.3, 0.4) is 0 Å². The van der Waals surface area contributed by atoms with Gasteiger partial charge in [-0.05, 0) is 0 Å². The number of nitrogens with two attached hydrogens (primary N) is 1. The fourth-order valence-electron chi connectivity index (χ4n) is 2.90. The summed E-state index contributed by atoms with van der Waals surface area (Å²) in [5, 5.41) is 17.7. The summed E-state index contributed by atoms with van der Waals surface area (Å²) in [6.45, 7) is 3.25. The summed E-state index contributed by atoms with van der Waals surface area (Å²) in [6, 6.07) is 0. The maximum Gasteiger partial charge on any atom is 0.263 e. The molecule has 4 heterocycles. The van der Waals surface area contributed by atoms with Gasteiger partial charge in [0, 0.05) is 26.2 Å². The number of carbonyl (C=O) groups is 1. The second-order valence-electron chi connectivity index (χ2n) is 5.78. The molecule has 3 aromatic heterocycles. The average Bonchev–Trinajstić information content (AvgIpc) is 2.97. The summed E-state index contributed by atoms with van der Waals surface area (Å²) in [5.74, 6) is -1.11. The molecule has 26 heavy (non-hydrogen) atoms. The lowest BCUT2D eigenvalue weighted by molar-refractivity contribution is 0.102. The Kier molecular flexibility index (Phi) is 4.05. The van der Waals surface area contributed by atoms with Crippen LogP contribution in [0.15, 0.2) is 24.8 Å². The molecule has 0 radical (unpaired) electrons. The minimum atomic E-state index is -0.578. The minimum absolute atomic E-state index is 0.0358. The Balaban J connectivity index is 1.66. The van der Waals surface area contributed by atoms with Gasteiger partial charge in [-0.2, -0.15) is 10.2 Å². The van der Waals surface area contributed by atoms with Gasteiger partial charge < -0.3 is 21.3 Å².